The molecule has 0 saturated carbocycles. The summed E-state index contributed by atoms with van der Waals surface area (Å²) in [6.07, 6.45) is 3.43. The molecule has 1 rings (SSSR count). The van der Waals surface area contributed by atoms with E-state index in [-0.39, 0.29) is 0 Å². The van der Waals surface area contributed by atoms with Crippen molar-refractivity contribution in [3.8, 4) is 11.5 Å². The van der Waals surface area contributed by atoms with Crippen LogP contribution < -0.4 is 14.8 Å². The number of hydrogen-bond acceptors (Lipinski definition) is 4. The average molecular weight is 295 g/mol. The molecule has 1 aromatic rings. The predicted octanol–water partition coefficient (Wildman–Crippen LogP) is 2.99. The Hall–Kier alpha value is -1.26. The van der Waals surface area contributed by atoms with Gasteiger partial charge in [-0.05, 0) is 32.0 Å². The molecule has 4 nitrogen and oxygen atoms in total. The molecule has 0 spiro atoms. The van der Waals surface area contributed by atoms with E-state index in [9.17, 15) is 5.11 Å². The number of rotatable bonds is 11. The molecule has 0 radical (unpaired) electrons. The second-order valence-corrected chi connectivity index (χ2v) is 5.44. The first-order chi connectivity index (χ1) is 10.1. The number of ether oxygens (including phenoxy) is 2. The van der Waals surface area contributed by atoms with E-state index in [1.165, 1.54) is 0 Å². The summed E-state index contributed by atoms with van der Waals surface area (Å²) < 4.78 is 11.4. The molecule has 0 aromatic heterocycles. The quantitative estimate of drug-likeness (QED) is 0.616. The summed E-state index contributed by atoms with van der Waals surface area (Å²) in [5.74, 6) is 1.53. The van der Waals surface area contributed by atoms with Gasteiger partial charge in [0.15, 0.2) is 0 Å². The molecular formula is C17H29NO3. The molecule has 21 heavy (non-hydrogen) atoms. The topological polar surface area (TPSA) is 50.7 Å². The standard InChI is InChI=1S/C17H29NO3/c1-4-9-17(19,10-5-2)14-21-16-8-6-7-15(13-16)20-12-11-18-3/h6-8,13,18-19H,4-5,9-12,14H2,1-3H3. The van der Waals surface area contributed by atoms with E-state index >= 15 is 0 Å². The lowest BCUT2D eigenvalue weighted by Crippen LogP contribution is -2.35. The van der Waals surface area contributed by atoms with Crippen molar-refractivity contribution in [3.05, 3.63) is 24.3 Å². The molecule has 1 aromatic carbocycles. The minimum absolute atomic E-state index is 0.328. The molecule has 4 heteroatoms. The van der Waals surface area contributed by atoms with Gasteiger partial charge < -0.3 is 19.9 Å². The maximum atomic E-state index is 10.6. The van der Waals surface area contributed by atoms with E-state index in [4.69, 9.17) is 9.47 Å². The van der Waals surface area contributed by atoms with Crippen LogP contribution in [0.1, 0.15) is 39.5 Å². The lowest BCUT2D eigenvalue weighted by atomic mass is 9.94. The van der Waals surface area contributed by atoms with Crippen molar-refractivity contribution >= 4 is 0 Å². The van der Waals surface area contributed by atoms with Crippen LogP contribution in [0.5, 0.6) is 11.5 Å². The zero-order valence-corrected chi connectivity index (χ0v) is 13.5. The van der Waals surface area contributed by atoms with Crippen molar-refractivity contribution in [1.29, 1.82) is 0 Å². The molecule has 2 N–H and O–H groups in total. The molecule has 0 aliphatic heterocycles. The third kappa shape index (κ3) is 6.82. The van der Waals surface area contributed by atoms with Gasteiger partial charge in [0, 0.05) is 12.6 Å². The lowest BCUT2D eigenvalue weighted by molar-refractivity contribution is -0.0202. The third-order valence-corrected chi connectivity index (χ3v) is 3.36. The van der Waals surface area contributed by atoms with Crippen molar-refractivity contribution < 1.29 is 14.6 Å². The van der Waals surface area contributed by atoms with Gasteiger partial charge in [-0.3, -0.25) is 0 Å². The van der Waals surface area contributed by atoms with E-state index < -0.39 is 5.60 Å². The van der Waals surface area contributed by atoms with Gasteiger partial charge in [-0.15, -0.1) is 0 Å². The Morgan fingerprint density at radius 3 is 2.29 bits per heavy atom. The molecule has 0 bridgehead atoms. The normalized spacial score (nSPS) is 11.4. The predicted molar refractivity (Wildman–Crippen MR) is 86.1 cm³/mol. The first-order valence-electron chi connectivity index (χ1n) is 7.86. The van der Waals surface area contributed by atoms with Crippen molar-refractivity contribution in [2.75, 3.05) is 26.8 Å². The highest BCUT2D eigenvalue weighted by molar-refractivity contribution is 5.33. The zero-order chi connectivity index (χ0) is 15.6. The van der Waals surface area contributed by atoms with Crippen molar-refractivity contribution in [2.24, 2.45) is 0 Å². The van der Waals surface area contributed by atoms with Gasteiger partial charge in [0.1, 0.15) is 24.7 Å². The minimum atomic E-state index is -0.730. The highest BCUT2D eigenvalue weighted by Crippen LogP contribution is 2.24. The van der Waals surface area contributed by atoms with Gasteiger partial charge in [-0.25, -0.2) is 0 Å². The lowest BCUT2D eigenvalue weighted by Gasteiger charge is -2.27. The van der Waals surface area contributed by atoms with Crippen LogP contribution in [-0.4, -0.2) is 37.5 Å². The van der Waals surface area contributed by atoms with Crippen molar-refractivity contribution in [3.63, 3.8) is 0 Å². The van der Waals surface area contributed by atoms with Crippen LogP contribution in [-0.2, 0) is 0 Å². The summed E-state index contributed by atoms with van der Waals surface area (Å²) >= 11 is 0. The van der Waals surface area contributed by atoms with E-state index in [0.29, 0.717) is 13.2 Å². The Kier molecular flexibility index (Phi) is 8.16. The summed E-state index contributed by atoms with van der Waals surface area (Å²) in [5.41, 5.74) is -0.730. The van der Waals surface area contributed by atoms with Gasteiger partial charge in [-0.2, -0.15) is 0 Å². The van der Waals surface area contributed by atoms with Crippen LogP contribution in [0.15, 0.2) is 24.3 Å². The van der Waals surface area contributed by atoms with Crippen molar-refractivity contribution in [1.82, 2.24) is 5.32 Å². The zero-order valence-electron chi connectivity index (χ0n) is 13.5. The van der Waals surface area contributed by atoms with Gasteiger partial charge in [0.2, 0.25) is 0 Å². The largest absolute Gasteiger partial charge is 0.492 e. The van der Waals surface area contributed by atoms with Crippen LogP contribution in [0.3, 0.4) is 0 Å². The summed E-state index contributed by atoms with van der Waals surface area (Å²) in [5, 5.41) is 13.6. The fourth-order valence-corrected chi connectivity index (χ4v) is 2.34. The van der Waals surface area contributed by atoms with Crippen LogP contribution in [0.4, 0.5) is 0 Å². The Morgan fingerprint density at radius 2 is 1.71 bits per heavy atom. The van der Waals surface area contributed by atoms with Crippen LogP contribution >= 0.6 is 0 Å². The molecule has 0 fully saturated rings. The number of hydrogen-bond donors (Lipinski definition) is 2. The molecule has 0 aliphatic carbocycles. The summed E-state index contributed by atoms with van der Waals surface area (Å²) in [6.45, 7) is 5.91. The van der Waals surface area contributed by atoms with E-state index in [0.717, 1.165) is 43.7 Å². The Balaban J connectivity index is 2.55. The van der Waals surface area contributed by atoms with Gasteiger partial charge in [-0.1, -0.05) is 32.8 Å². The van der Waals surface area contributed by atoms with E-state index in [1.807, 2.05) is 31.3 Å². The maximum Gasteiger partial charge on any atom is 0.123 e. The average Bonchev–Trinajstić information content (AvgIpc) is 2.47. The molecule has 0 atom stereocenters. The smallest absolute Gasteiger partial charge is 0.123 e. The number of aliphatic hydroxyl groups is 1. The molecule has 120 valence electrons. The van der Waals surface area contributed by atoms with Gasteiger partial charge in [0.05, 0.1) is 5.60 Å². The second-order valence-electron chi connectivity index (χ2n) is 5.44. The molecule has 0 amide bonds. The number of nitrogens with one attached hydrogen (secondary N) is 1. The van der Waals surface area contributed by atoms with Crippen LogP contribution in [0.25, 0.3) is 0 Å². The molecule has 0 aliphatic rings. The SMILES string of the molecule is CCCC(O)(CCC)COc1cccc(OCCNC)c1. The van der Waals surface area contributed by atoms with E-state index in [1.54, 1.807) is 0 Å². The number of likely N-dealkylation sites (N-methyl/N-ethyl adjacent to an activating group) is 1. The second kappa shape index (κ2) is 9.64. The Bertz CT molecular complexity index is 389. The van der Waals surface area contributed by atoms with Crippen LogP contribution in [0.2, 0.25) is 0 Å². The van der Waals surface area contributed by atoms with Gasteiger partial charge >= 0.3 is 0 Å². The maximum absolute atomic E-state index is 10.6. The monoisotopic (exact) mass is 295 g/mol. The summed E-state index contributed by atoms with van der Waals surface area (Å²) in [7, 11) is 1.89. The highest BCUT2D eigenvalue weighted by Gasteiger charge is 2.25. The van der Waals surface area contributed by atoms with Crippen molar-refractivity contribution in [2.45, 2.75) is 45.1 Å². The van der Waals surface area contributed by atoms with Gasteiger partial charge in [0.25, 0.3) is 0 Å². The van der Waals surface area contributed by atoms with E-state index in [2.05, 4.69) is 19.2 Å². The fraction of sp³-hybridized carbons (Fsp3) is 0.647. The molecule has 0 unspecified atom stereocenters. The number of benzene rings is 1. The van der Waals surface area contributed by atoms with Crippen LogP contribution in [0, 0.1) is 0 Å². The molecule has 0 heterocycles. The summed E-state index contributed by atoms with van der Waals surface area (Å²) in [4.78, 5) is 0. The first-order valence-corrected chi connectivity index (χ1v) is 7.86. The summed E-state index contributed by atoms with van der Waals surface area (Å²) in [6, 6.07) is 7.58. The highest BCUT2D eigenvalue weighted by atomic mass is 16.5. The third-order valence-electron chi connectivity index (χ3n) is 3.36. The molecule has 0 saturated heterocycles. The molecular weight excluding hydrogens is 266 g/mol. The Morgan fingerprint density at radius 1 is 1.10 bits per heavy atom. The Labute approximate surface area is 128 Å². The first kappa shape index (κ1) is 17.8. The minimum Gasteiger partial charge on any atom is -0.492 e. The fourth-order valence-electron chi connectivity index (χ4n) is 2.34.